The van der Waals surface area contributed by atoms with E-state index in [1.54, 1.807) is 14.0 Å². The summed E-state index contributed by atoms with van der Waals surface area (Å²) in [5.41, 5.74) is 4.43. The first kappa shape index (κ1) is 22.9. The molecule has 2 aromatic carbocycles. The molecule has 2 amide bonds. The fraction of sp³-hybridized carbons (Fsp3) is 0.500. The van der Waals surface area contributed by atoms with Gasteiger partial charge in [0, 0.05) is 44.3 Å². The zero-order valence-electron chi connectivity index (χ0n) is 20.2. The molecule has 0 radical (unpaired) electrons. The molecule has 0 N–H and O–H groups in total. The molecule has 0 saturated carbocycles. The number of carbonyl (C=O) groups excluding carboxylic acids is 2. The highest BCUT2D eigenvalue weighted by molar-refractivity contribution is 5.99. The number of amides is 2. The first-order chi connectivity index (χ1) is 16.5. The Labute approximate surface area is 201 Å². The number of aryl methyl sites for hydroxylation is 2. The second kappa shape index (κ2) is 9.41. The maximum absolute atomic E-state index is 13.6. The van der Waals surface area contributed by atoms with Crippen LogP contribution in [0.3, 0.4) is 0 Å². The maximum atomic E-state index is 13.6. The van der Waals surface area contributed by atoms with Gasteiger partial charge in [0.2, 0.25) is 5.91 Å². The van der Waals surface area contributed by atoms with Gasteiger partial charge < -0.3 is 19.3 Å². The number of rotatable bonds is 5. The van der Waals surface area contributed by atoms with E-state index in [1.807, 2.05) is 15.9 Å². The minimum atomic E-state index is -0.352. The number of anilines is 1. The summed E-state index contributed by atoms with van der Waals surface area (Å²) < 4.78 is 11.6. The van der Waals surface area contributed by atoms with E-state index in [0.29, 0.717) is 13.2 Å². The standard InChI is InChI=1S/C28H34N2O4/c1-20(31)29-14-12-28(13-15-29)19-30(27(32)25-9-6-16-34-25)24-17-22(26(33-2)18-23(24)28)11-10-21-7-4-3-5-8-21/h3-5,7-8,17-18,25H,6,9-16,19H2,1-2H3/t25-/m0/s1. The van der Waals surface area contributed by atoms with E-state index in [2.05, 4.69) is 36.4 Å². The Morgan fingerprint density at radius 3 is 2.53 bits per heavy atom. The van der Waals surface area contributed by atoms with Crippen LogP contribution < -0.4 is 9.64 Å². The molecule has 180 valence electrons. The summed E-state index contributed by atoms with van der Waals surface area (Å²) in [6, 6.07) is 14.8. The van der Waals surface area contributed by atoms with Crippen LogP contribution in [0.25, 0.3) is 0 Å². The quantitative estimate of drug-likeness (QED) is 0.677. The van der Waals surface area contributed by atoms with Crippen molar-refractivity contribution >= 4 is 17.5 Å². The second-order valence-corrected chi connectivity index (χ2v) is 9.88. The van der Waals surface area contributed by atoms with Crippen LogP contribution >= 0.6 is 0 Å². The molecule has 3 heterocycles. The lowest BCUT2D eigenvalue weighted by molar-refractivity contribution is -0.131. The third-order valence-corrected chi connectivity index (χ3v) is 7.88. The van der Waals surface area contributed by atoms with Gasteiger partial charge >= 0.3 is 0 Å². The molecular weight excluding hydrogens is 428 g/mol. The molecule has 0 unspecified atom stereocenters. The fourth-order valence-corrected chi connectivity index (χ4v) is 5.86. The van der Waals surface area contributed by atoms with E-state index in [0.717, 1.165) is 68.6 Å². The number of methoxy groups -OCH3 is 1. The number of carbonyl (C=O) groups is 2. The van der Waals surface area contributed by atoms with Gasteiger partial charge in [0.25, 0.3) is 5.91 Å². The van der Waals surface area contributed by atoms with Crippen molar-refractivity contribution in [1.29, 1.82) is 0 Å². The minimum absolute atomic E-state index is 0.0730. The summed E-state index contributed by atoms with van der Waals surface area (Å²) in [4.78, 5) is 29.4. The Morgan fingerprint density at radius 2 is 1.88 bits per heavy atom. The van der Waals surface area contributed by atoms with Crippen molar-refractivity contribution in [2.75, 3.05) is 38.3 Å². The summed E-state index contributed by atoms with van der Waals surface area (Å²) >= 11 is 0. The molecule has 0 bridgehead atoms. The number of benzene rings is 2. The Kier molecular flexibility index (Phi) is 6.34. The number of hydrogen-bond donors (Lipinski definition) is 0. The molecule has 0 aliphatic carbocycles. The smallest absolute Gasteiger partial charge is 0.256 e. The topological polar surface area (TPSA) is 59.1 Å². The lowest BCUT2D eigenvalue weighted by Crippen LogP contribution is -2.48. The molecule has 6 nitrogen and oxygen atoms in total. The van der Waals surface area contributed by atoms with E-state index < -0.39 is 0 Å². The summed E-state index contributed by atoms with van der Waals surface area (Å²) in [6.45, 7) is 4.37. The summed E-state index contributed by atoms with van der Waals surface area (Å²) in [5.74, 6) is 1.08. The Hall–Kier alpha value is -2.86. The molecular formula is C28H34N2O4. The Morgan fingerprint density at radius 1 is 1.12 bits per heavy atom. The zero-order chi connectivity index (χ0) is 23.7. The van der Waals surface area contributed by atoms with Gasteiger partial charge in [-0.1, -0.05) is 30.3 Å². The normalized spacial score (nSPS) is 21.1. The highest BCUT2D eigenvalue weighted by atomic mass is 16.5. The van der Waals surface area contributed by atoms with Crippen LogP contribution in [0, 0.1) is 0 Å². The van der Waals surface area contributed by atoms with Gasteiger partial charge in [0.05, 0.1) is 7.11 Å². The van der Waals surface area contributed by atoms with Crippen molar-refractivity contribution in [1.82, 2.24) is 4.90 Å². The van der Waals surface area contributed by atoms with E-state index in [-0.39, 0.29) is 23.3 Å². The molecule has 0 aromatic heterocycles. The molecule has 2 saturated heterocycles. The van der Waals surface area contributed by atoms with E-state index in [9.17, 15) is 9.59 Å². The highest BCUT2D eigenvalue weighted by Gasteiger charge is 2.48. The number of nitrogens with zero attached hydrogens (tertiary/aromatic N) is 2. The average Bonchev–Trinajstić information content (AvgIpc) is 3.50. The molecule has 3 aliphatic heterocycles. The SMILES string of the molecule is COc1cc2c(cc1CCc1ccccc1)N(C(=O)[C@@H]1CCCO1)CC21CCN(C(C)=O)CC1. The molecule has 6 heteroatoms. The van der Waals surface area contributed by atoms with E-state index in [4.69, 9.17) is 9.47 Å². The van der Waals surface area contributed by atoms with Crippen LogP contribution in [0.4, 0.5) is 5.69 Å². The van der Waals surface area contributed by atoms with Gasteiger partial charge in [0.15, 0.2) is 0 Å². The predicted octanol–water partition coefficient (Wildman–Crippen LogP) is 3.89. The van der Waals surface area contributed by atoms with Gasteiger partial charge in [-0.05, 0) is 67.3 Å². The van der Waals surface area contributed by atoms with Crippen LogP contribution in [0.2, 0.25) is 0 Å². The van der Waals surface area contributed by atoms with E-state index >= 15 is 0 Å². The monoisotopic (exact) mass is 462 g/mol. The highest BCUT2D eigenvalue weighted by Crippen LogP contribution is 2.49. The van der Waals surface area contributed by atoms with Crippen LogP contribution in [-0.4, -0.2) is 56.2 Å². The molecule has 2 fully saturated rings. The lowest BCUT2D eigenvalue weighted by atomic mass is 9.74. The first-order valence-corrected chi connectivity index (χ1v) is 12.4. The Bertz CT molecular complexity index is 1050. The van der Waals surface area contributed by atoms with Crippen LogP contribution in [0.1, 0.15) is 49.3 Å². The van der Waals surface area contributed by atoms with Crippen molar-refractivity contribution < 1.29 is 19.1 Å². The van der Waals surface area contributed by atoms with E-state index in [1.165, 1.54) is 11.1 Å². The van der Waals surface area contributed by atoms with Crippen molar-refractivity contribution in [2.45, 2.75) is 57.0 Å². The maximum Gasteiger partial charge on any atom is 0.256 e. The largest absolute Gasteiger partial charge is 0.496 e. The minimum Gasteiger partial charge on any atom is -0.496 e. The first-order valence-electron chi connectivity index (χ1n) is 12.4. The molecule has 34 heavy (non-hydrogen) atoms. The third-order valence-electron chi connectivity index (χ3n) is 7.88. The van der Waals surface area contributed by atoms with Gasteiger partial charge in [-0.3, -0.25) is 9.59 Å². The Balaban J connectivity index is 1.49. The fourth-order valence-electron chi connectivity index (χ4n) is 5.86. The van der Waals surface area contributed by atoms with Gasteiger partial charge in [-0.2, -0.15) is 0 Å². The number of ether oxygens (including phenoxy) is 2. The van der Waals surface area contributed by atoms with Crippen molar-refractivity contribution in [3.05, 3.63) is 59.2 Å². The van der Waals surface area contributed by atoms with Gasteiger partial charge in [-0.25, -0.2) is 0 Å². The number of piperidine rings is 1. The number of likely N-dealkylation sites (tertiary alicyclic amines) is 1. The molecule has 1 spiro atoms. The van der Waals surface area contributed by atoms with Crippen molar-refractivity contribution in [2.24, 2.45) is 0 Å². The van der Waals surface area contributed by atoms with Crippen molar-refractivity contribution in [3.63, 3.8) is 0 Å². The van der Waals surface area contributed by atoms with Crippen LogP contribution in [-0.2, 0) is 32.6 Å². The lowest BCUT2D eigenvalue weighted by Gasteiger charge is -2.39. The summed E-state index contributed by atoms with van der Waals surface area (Å²) in [6.07, 6.45) is 4.81. The van der Waals surface area contributed by atoms with Gasteiger partial charge in [0.1, 0.15) is 11.9 Å². The average molecular weight is 463 g/mol. The number of fused-ring (bicyclic) bond motifs is 2. The third kappa shape index (κ3) is 4.20. The molecule has 5 rings (SSSR count). The second-order valence-electron chi connectivity index (χ2n) is 9.88. The number of hydrogen-bond acceptors (Lipinski definition) is 4. The summed E-state index contributed by atoms with van der Waals surface area (Å²) in [5, 5.41) is 0. The molecule has 1 atom stereocenters. The van der Waals surface area contributed by atoms with Crippen LogP contribution in [0.5, 0.6) is 5.75 Å². The molecule has 2 aromatic rings. The van der Waals surface area contributed by atoms with Crippen LogP contribution in [0.15, 0.2) is 42.5 Å². The predicted molar refractivity (Wildman–Crippen MR) is 131 cm³/mol. The van der Waals surface area contributed by atoms with Crippen molar-refractivity contribution in [3.8, 4) is 5.75 Å². The summed E-state index contributed by atoms with van der Waals surface area (Å²) in [7, 11) is 1.73. The van der Waals surface area contributed by atoms with Gasteiger partial charge in [-0.15, -0.1) is 0 Å². The zero-order valence-corrected chi connectivity index (χ0v) is 20.2. The molecule has 3 aliphatic rings.